The molecule has 0 amide bonds. The quantitative estimate of drug-likeness (QED) is 0.690. The lowest BCUT2D eigenvalue weighted by atomic mass is 10.1. The highest BCUT2D eigenvalue weighted by molar-refractivity contribution is 5.76. The van der Waals surface area contributed by atoms with E-state index in [2.05, 4.69) is 4.74 Å². The number of ether oxygens (including phenoxy) is 1. The van der Waals surface area contributed by atoms with Crippen molar-refractivity contribution < 1.29 is 22.7 Å². The zero-order valence-corrected chi connectivity index (χ0v) is 7.26. The molecule has 0 saturated heterocycles. The average Bonchev–Trinajstić information content (AvgIpc) is 2.20. The van der Waals surface area contributed by atoms with E-state index < -0.39 is 23.8 Å². The van der Waals surface area contributed by atoms with Gasteiger partial charge >= 0.3 is 5.97 Å². The number of methoxy groups -OCH3 is 1. The molecule has 0 radical (unpaired) electrons. The minimum Gasteiger partial charge on any atom is -0.467 e. The number of hydrogen-bond donors (Lipinski definition) is 0. The number of benzene rings is 1. The maximum atomic E-state index is 13.1. The van der Waals surface area contributed by atoms with Crippen molar-refractivity contribution in [3.05, 3.63) is 35.4 Å². The first-order chi connectivity index (χ1) is 6.56. The van der Waals surface area contributed by atoms with Gasteiger partial charge in [-0.15, -0.1) is 0 Å². The van der Waals surface area contributed by atoms with Crippen molar-refractivity contribution in [2.75, 3.05) is 7.11 Å². The molecule has 0 N–H and O–H groups in total. The molecular weight excluding hydrogens is 197 g/mol. The summed E-state index contributed by atoms with van der Waals surface area (Å²) in [7, 11) is 1.01. The van der Waals surface area contributed by atoms with Gasteiger partial charge in [-0.2, -0.15) is 0 Å². The molecule has 0 saturated carbocycles. The molecule has 0 heterocycles. The summed E-state index contributed by atoms with van der Waals surface area (Å²) in [5.41, 5.74) is -0.268. The van der Waals surface area contributed by atoms with E-state index in [1.165, 1.54) is 0 Å². The number of carbonyl (C=O) groups excluding carboxylic acids is 1. The van der Waals surface area contributed by atoms with Gasteiger partial charge in [0.1, 0.15) is 0 Å². The highest BCUT2D eigenvalue weighted by atomic mass is 19.2. The SMILES string of the molecule is COC(=O)C(F)c1ccc(F)c(F)c1. The summed E-state index contributed by atoms with van der Waals surface area (Å²) < 4.78 is 42.2. The van der Waals surface area contributed by atoms with Gasteiger partial charge in [-0.3, -0.25) is 0 Å². The molecule has 1 atom stereocenters. The Labute approximate surface area is 78.3 Å². The molecule has 14 heavy (non-hydrogen) atoms. The highest BCUT2D eigenvalue weighted by Gasteiger charge is 2.21. The summed E-state index contributed by atoms with van der Waals surface area (Å²) in [4.78, 5) is 10.7. The van der Waals surface area contributed by atoms with E-state index in [1.807, 2.05) is 0 Å². The van der Waals surface area contributed by atoms with Crippen LogP contribution in [0.25, 0.3) is 0 Å². The number of esters is 1. The van der Waals surface area contributed by atoms with Gasteiger partial charge in [0, 0.05) is 5.56 Å². The molecule has 0 aliphatic carbocycles. The van der Waals surface area contributed by atoms with Gasteiger partial charge < -0.3 is 4.74 Å². The molecule has 1 rings (SSSR count). The molecule has 1 aromatic carbocycles. The van der Waals surface area contributed by atoms with E-state index in [-0.39, 0.29) is 5.56 Å². The zero-order chi connectivity index (χ0) is 10.7. The number of carbonyl (C=O) groups is 1. The second-order valence-electron chi connectivity index (χ2n) is 2.56. The fourth-order valence-corrected chi connectivity index (χ4v) is 0.910. The first kappa shape index (κ1) is 10.6. The van der Waals surface area contributed by atoms with Crippen LogP contribution in [0.5, 0.6) is 0 Å². The molecule has 0 spiro atoms. The summed E-state index contributed by atoms with van der Waals surface area (Å²) in [6.07, 6.45) is -2.09. The van der Waals surface area contributed by atoms with Gasteiger partial charge in [0.2, 0.25) is 6.17 Å². The summed E-state index contributed by atoms with van der Waals surface area (Å²) in [6, 6.07) is 2.36. The Morgan fingerprint density at radius 3 is 2.50 bits per heavy atom. The molecule has 0 aliphatic rings. The second-order valence-corrected chi connectivity index (χ2v) is 2.56. The van der Waals surface area contributed by atoms with Gasteiger partial charge in [-0.25, -0.2) is 18.0 Å². The van der Waals surface area contributed by atoms with E-state index in [9.17, 15) is 18.0 Å². The van der Waals surface area contributed by atoms with Gasteiger partial charge in [-0.05, 0) is 12.1 Å². The van der Waals surface area contributed by atoms with E-state index >= 15 is 0 Å². The van der Waals surface area contributed by atoms with Crippen LogP contribution in [0.2, 0.25) is 0 Å². The molecular formula is C9H7F3O2. The Kier molecular flexibility index (Phi) is 3.11. The van der Waals surface area contributed by atoms with E-state index in [4.69, 9.17) is 0 Å². The Balaban J connectivity index is 2.96. The molecule has 0 aliphatic heterocycles. The smallest absolute Gasteiger partial charge is 0.345 e. The molecule has 0 aromatic heterocycles. The standard InChI is InChI=1S/C9H7F3O2/c1-14-9(13)8(12)5-2-3-6(10)7(11)4-5/h2-4,8H,1H3. The Bertz CT molecular complexity index is 352. The lowest BCUT2D eigenvalue weighted by molar-refractivity contribution is -0.146. The Hall–Kier alpha value is -1.52. The van der Waals surface area contributed by atoms with Crippen LogP contribution >= 0.6 is 0 Å². The normalized spacial score (nSPS) is 12.3. The lowest BCUT2D eigenvalue weighted by Crippen LogP contribution is -2.09. The van der Waals surface area contributed by atoms with Gasteiger partial charge in [0.05, 0.1) is 7.11 Å². The van der Waals surface area contributed by atoms with Crippen molar-refractivity contribution in [3.8, 4) is 0 Å². The maximum absolute atomic E-state index is 13.1. The third kappa shape index (κ3) is 2.04. The fourth-order valence-electron chi connectivity index (χ4n) is 0.910. The second kappa shape index (κ2) is 4.13. The average molecular weight is 204 g/mol. The fraction of sp³-hybridized carbons (Fsp3) is 0.222. The van der Waals surface area contributed by atoms with Crippen LogP contribution in [0.3, 0.4) is 0 Å². The van der Waals surface area contributed by atoms with Gasteiger partial charge in [0.25, 0.3) is 0 Å². The van der Waals surface area contributed by atoms with E-state index in [0.717, 1.165) is 19.2 Å². The first-order valence-corrected chi connectivity index (χ1v) is 3.73. The molecule has 76 valence electrons. The van der Waals surface area contributed by atoms with Crippen molar-refractivity contribution in [2.45, 2.75) is 6.17 Å². The number of rotatable bonds is 2. The summed E-state index contributed by atoms with van der Waals surface area (Å²) in [5, 5.41) is 0. The Morgan fingerprint density at radius 2 is 2.00 bits per heavy atom. The third-order valence-corrected chi connectivity index (χ3v) is 1.64. The minimum atomic E-state index is -2.09. The largest absolute Gasteiger partial charge is 0.467 e. The minimum absolute atomic E-state index is 0.268. The van der Waals surface area contributed by atoms with Gasteiger partial charge in [0.15, 0.2) is 11.6 Å². The van der Waals surface area contributed by atoms with Crippen LogP contribution in [0.1, 0.15) is 11.7 Å². The molecule has 0 bridgehead atoms. The van der Waals surface area contributed by atoms with Crippen molar-refractivity contribution in [1.82, 2.24) is 0 Å². The van der Waals surface area contributed by atoms with Crippen LogP contribution in [-0.2, 0) is 9.53 Å². The topological polar surface area (TPSA) is 26.3 Å². The number of halogens is 3. The monoisotopic (exact) mass is 204 g/mol. The van der Waals surface area contributed by atoms with Crippen molar-refractivity contribution >= 4 is 5.97 Å². The lowest BCUT2D eigenvalue weighted by Gasteiger charge is -2.05. The highest BCUT2D eigenvalue weighted by Crippen LogP contribution is 2.20. The third-order valence-electron chi connectivity index (χ3n) is 1.64. The number of alkyl halides is 1. The predicted molar refractivity (Wildman–Crippen MR) is 42.2 cm³/mol. The van der Waals surface area contributed by atoms with E-state index in [0.29, 0.717) is 6.07 Å². The first-order valence-electron chi connectivity index (χ1n) is 3.73. The summed E-state index contributed by atoms with van der Waals surface area (Å²) in [5.74, 6) is -3.43. The van der Waals surface area contributed by atoms with Crippen LogP contribution in [0, 0.1) is 11.6 Å². The van der Waals surface area contributed by atoms with Crippen molar-refractivity contribution in [3.63, 3.8) is 0 Å². The maximum Gasteiger partial charge on any atom is 0.345 e. The zero-order valence-electron chi connectivity index (χ0n) is 7.26. The predicted octanol–water partition coefficient (Wildman–Crippen LogP) is 2.15. The summed E-state index contributed by atoms with van der Waals surface area (Å²) in [6.45, 7) is 0. The van der Waals surface area contributed by atoms with Crippen LogP contribution < -0.4 is 0 Å². The van der Waals surface area contributed by atoms with Crippen LogP contribution in [0.4, 0.5) is 13.2 Å². The molecule has 0 fully saturated rings. The van der Waals surface area contributed by atoms with Crippen molar-refractivity contribution in [1.29, 1.82) is 0 Å². The van der Waals surface area contributed by atoms with Crippen molar-refractivity contribution in [2.24, 2.45) is 0 Å². The summed E-state index contributed by atoms with van der Waals surface area (Å²) >= 11 is 0. The molecule has 1 aromatic rings. The van der Waals surface area contributed by atoms with Crippen LogP contribution in [0.15, 0.2) is 18.2 Å². The van der Waals surface area contributed by atoms with E-state index in [1.54, 1.807) is 0 Å². The Morgan fingerprint density at radius 1 is 1.36 bits per heavy atom. The number of hydrogen-bond acceptors (Lipinski definition) is 2. The molecule has 2 nitrogen and oxygen atoms in total. The molecule has 1 unspecified atom stereocenters. The molecule has 5 heteroatoms. The van der Waals surface area contributed by atoms with Gasteiger partial charge in [-0.1, -0.05) is 6.07 Å². The van der Waals surface area contributed by atoms with Crippen LogP contribution in [-0.4, -0.2) is 13.1 Å².